The molecule has 106 valence electrons. The van der Waals surface area contributed by atoms with Crippen molar-refractivity contribution in [3.8, 4) is 11.8 Å². The fourth-order valence-electron chi connectivity index (χ4n) is 1.54. The second-order valence-corrected chi connectivity index (χ2v) is 4.17. The Morgan fingerprint density at radius 3 is 2.90 bits per heavy atom. The number of carbonyl (C=O) groups is 1. The largest absolute Gasteiger partial charge is 0.507 e. The van der Waals surface area contributed by atoms with Gasteiger partial charge in [0.25, 0.3) is 5.91 Å². The lowest BCUT2D eigenvalue weighted by molar-refractivity contribution is 0.0972. The standard InChI is InChI=1S/C13H16N4O3/c1-8(7-20-2)16-13(15)17-12(19)10-5-9(6-14)3-4-11(10)18/h3-5,8,18H,7H2,1-2H3,(H3,15,16,17,19). The summed E-state index contributed by atoms with van der Waals surface area (Å²) in [7, 11) is 1.53. The summed E-state index contributed by atoms with van der Waals surface area (Å²) in [6.45, 7) is 2.17. The van der Waals surface area contributed by atoms with Crippen molar-refractivity contribution in [3.05, 3.63) is 29.3 Å². The molecule has 1 atom stereocenters. The Hall–Kier alpha value is -2.59. The van der Waals surface area contributed by atoms with Crippen molar-refractivity contribution < 1.29 is 14.6 Å². The van der Waals surface area contributed by atoms with Gasteiger partial charge in [-0.15, -0.1) is 0 Å². The number of benzene rings is 1. The monoisotopic (exact) mass is 276 g/mol. The summed E-state index contributed by atoms with van der Waals surface area (Å²) >= 11 is 0. The van der Waals surface area contributed by atoms with Gasteiger partial charge < -0.3 is 15.2 Å². The highest BCUT2D eigenvalue weighted by atomic mass is 16.5. The lowest BCUT2D eigenvalue weighted by atomic mass is 10.1. The van der Waals surface area contributed by atoms with Crippen LogP contribution in [0.5, 0.6) is 5.75 Å². The molecule has 7 heteroatoms. The van der Waals surface area contributed by atoms with Crippen molar-refractivity contribution in [2.75, 3.05) is 13.7 Å². The van der Waals surface area contributed by atoms with E-state index >= 15 is 0 Å². The van der Waals surface area contributed by atoms with Crippen LogP contribution in [0.1, 0.15) is 22.8 Å². The molecule has 0 heterocycles. The molecule has 0 aliphatic heterocycles. The fourth-order valence-corrected chi connectivity index (χ4v) is 1.54. The number of carbonyl (C=O) groups excluding carboxylic acids is 1. The number of amides is 1. The molecule has 0 bridgehead atoms. The summed E-state index contributed by atoms with van der Waals surface area (Å²) in [5, 5.41) is 31.0. The highest BCUT2D eigenvalue weighted by Crippen LogP contribution is 2.17. The number of nitrogens with one attached hydrogen (secondary N) is 3. The minimum atomic E-state index is -0.665. The molecule has 0 radical (unpaired) electrons. The van der Waals surface area contributed by atoms with Gasteiger partial charge in [0.2, 0.25) is 0 Å². The normalized spacial score (nSPS) is 11.2. The smallest absolute Gasteiger partial charge is 0.261 e. The van der Waals surface area contributed by atoms with Gasteiger partial charge in [-0.3, -0.25) is 15.5 Å². The first-order valence-electron chi connectivity index (χ1n) is 5.86. The zero-order chi connectivity index (χ0) is 15.1. The van der Waals surface area contributed by atoms with Crippen LogP contribution < -0.4 is 10.6 Å². The summed E-state index contributed by atoms with van der Waals surface area (Å²) < 4.78 is 4.90. The third kappa shape index (κ3) is 4.26. The van der Waals surface area contributed by atoms with Gasteiger partial charge in [0, 0.05) is 13.2 Å². The molecule has 1 unspecified atom stereocenters. The highest BCUT2D eigenvalue weighted by molar-refractivity contribution is 6.06. The van der Waals surface area contributed by atoms with Gasteiger partial charge in [0.15, 0.2) is 5.96 Å². The maximum absolute atomic E-state index is 11.9. The number of hydrogen-bond acceptors (Lipinski definition) is 5. The van der Waals surface area contributed by atoms with E-state index in [1.165, 1.54) is 25.3 Å². The summed E-state index contributed by atoms with van der Waals surface area (Å²) in [6.07, 6.45) is 0. The van der Waals surface area contributed by atoms with Crippen LogP contribution in [-0.2, 0) is 4.74 Å². The van der Waals surface area contributed by atoms with E-state index in [2.05, 4.69) is 10.6 Å². The predicted octanol–water partition coefficient (Wildman–Crippen LogP) is 0.553. The van der Waals surface area contributed by atoms with Crippen molar-refractivity contribution in [1.29, 1.82) is 10.7 Å². The SMILES string of the molecule is COCC(C)NC(=N)NC(=O)c1cc(C#N)ccc1O. The van der Waals surface area contributed by atoms with E-state index in [-0.39, 0.29) is 28.9 Å². The third-order valence-corrected chi connectivity index (χ3v) is 2.42. The quantitative estimate of drug-likeness (QED) is 0.473. The van der Waals surface area contributed by atoms with E-state index in [4.69, 9.17) is 15.4 Å². The number of ether oxygens (including phenoxy) is 1. The third-order valence-electron chi connectivity index (χ3n) is 2.42. The maximum atomic E-state index is 11.9. The van der Waals surface area contributed by atoms with Gasteiger partial charge in [-0.25, -0.2) is 0 Å². The predicted molar refractivity (Wildman–Crippen MR) is 72.5 cm³/mol. The topological polar surface area (TPSA) is 118 Å². The average molecular weight is 276 g/mol. The molecule has 1 amide bonds. The number of nitrogens with zero attached hydrogens (tertiary/aromatic N) is 1. The van der Waals surface area contributed by atoms with Gasteiger partial charge in [-0.2, -0.15) is 5.26 Å². The van der Waals surface area contributed by atoms with Crippen LogP contribution in [0.4, 0.5) is 0 Å². The minimum Gasteiger partial charge on any atom is -0.507 e. The van der Waals surface area contributed by atoms with Crippen LogP contribution in [0, 0.1) is 16.7 Å². The summed E-state index contributed by atoms with van der Waals surface area (Å²) in [5.74, 6) is -1.12. The Labute approximate surface area is 116 Å². The summed E-state index contributed by atoms with van der Waals surface area (Å²) in [4.78, 5) is 11.9. The van der Waals surface area contributed by atoms with Crippen LogP contribution in [0.15, 0.2) is 18.2 Å². The van der Waals surface area contributed by atoms with E-state index in [0.717, 1.165) is 0 Å². The van der Waals surface area contributed by atoms with Crippen molar-refractivity contribution >= 4 is 11.9 Å². The first kappa shape index (κ1) is 15.5. The number of hydrogen-bond donors (Lipinski definition) is 4. The van der Waals surface area contributed by atoms with Crippen LogP contribution in [0.3, 0.4) is 0 Å². The number of phenolic OH excluding ortho intramolecular Hbond substituents is 1. The Morgan fingerprint density at radius 2 is 2.30 bits per heavy atom. The molecule has 0 aliphatic rings. The molecule has 0 spiro atoms. The fraction of sp³-hybridized carbons (Fsp3) is 0.308. The number of guanidine groups is 1. The Bertz CT molecular complexity index is 551. The molecule has 20 heavy (non-hydrogen) atoms. The van der Waals surface area contributed by atoms with E-state index in [1.807, 2.05) is 6.07 Å². The zero-order valence-electron chi connectivity index (χ0n) is 11.2. The molecule has 0 aromatic heterocycles. The van der Waals surface area contributed by atoms with Gasteiger partial charge in [-0.05, 0) is 25.1 Å². The van der Waals surface area contributed by atoms with Crippen LogP contribution in [0.25, 0.3) is 0 Å². The number of aromatic hydroxyl groups is 1. The first-order chi connectivity index (χ1) is 9.47. The lowest BCUT2D eigenvalue weighted by Gasteiger charge is -2.15. The molecule has 0 saturated carbocycles. The number of rotatable bonds is 4. The molecular weight excluding hydrogens is 260 g/mol. The highest BCUT2D eigenvalue weighted by Gasteiger charge is 2.14. The Morgan fingerprint density at radius 1 is 1.60 bits per heavy atom. The van der Waals surface area contributed by atoms with Crippen LogP contribution in [0.2, 0.25) is 0 Å². The van der Waals surface area contributed by atoms with Crippen molar-refractivity contribution in [1.82, 2.24) is 10.6 Å². The van der Waals surface area contributed by atoms with Crippen LogP contribution in [-0.4, -0.2) is 36.7 Å². The number of methoxy groups -OCH3 is 1. The van der Waals surface area contributed by atoms with E-state index in [1.54, 1.807) is 6.92 Å². The van der Waals surface area contributed by atoms with E-state index < -0.39 is 5.91 Å². The lowest BCUT2D eigenvalue weighted by Crippen LogP contribution is -2.45. The van der Waals surface area contributed by atoms with Gasteiger partial charge >= 0.3 is 0 Å². The molecule has 0 aliphatic carbocycles. The number of phenols is 1. The molecule has 4 N–H and O–H groups in total. The molecule has 1 rings (SSSR count). The summed E-state index contributed by atoms with van der Waals surface area (Å²) in [6, 6.07) is 5.65. The minimum absolute atomic E-state index is 0.0602. The van der Waals surface area contributed by atoms with Gasteiger partial charge in [0.1, 0.15) is 5.75 Å². The molecule has 0 fully saturated rings. The van der Waals surface area contributed by atoms with E-state index in [9.17, 15) is 9.90 Å². The molecular formula is C13H16N4O3. The van der Waals surface area contributed by atoms with Crippen LogP contribution >= 0.6 is 0 Å². The zero-order valence-corrected chi connectivity index (χ0v) is 11.2. The first-order valence-corrected chi connectivity index (χ1v) is 5.86. The average Bonchev–Trinajstić information content (AvgIpc) is 2.39. The van der Waals surface area contributed by atoms with Gasteiger partial charge in [0.05, 0.1) is 23.8 Å². The van der Waals surface area contributed by atoms with E-state index in [0.29, 0.717) is 6.61 Å². The summed E-state index contributed by atoms with van der Waals surface area (Å²) in [5.41, 5.74) is 0.190. The molecule has 7 nitrogen and oxygen atoms in total. The Kier molecular flexibility index (Phi) is 5.50. The van der Waals surface area contributed by atoms with Crippen molar-refractivity contribution in [2.45, 2.75) is 13.0 Å². The number of nitriles is 1. The van der Waals surface area contributed by atoms with Crippen molar-refractivity contribution in [3.63, 3.8) is 0 Å². The molecule has 1 aromatic rings. The van der Waals surface area contributed by atoms with Gasteiger partial charge in [-0.1, -0.05) is 0 Å². The second kappa shape index (κ2) is 7.11. The maximum Gasteiger partial charge on any atom is 0.261 e. The second-order valence-electron chi connectivity index (χ2n) is 4.17. The molecule has 0 saturated heterocycles. The molecule has 1 aromatic carbocycles. The van der Waals surface area contributed by atoms with Crippen molar-refractivity contribution in [2.24, 2.45) is 0 Å². The Balaban J connectivity index is 2.72.